The quantitative estimate of drug-likeness (QED) is 0.833. The molecular weight excluding hydrogens is 360 g/mol. The van der Waals surface area contributed by atoms with Gasteiger partial charge in [0.2, 0.25) is 5.91 Å². The zero-order valence-electron chi connectivity index (χ0n) is 13.6. The minimum absolute atomic E-state index is 0.0807. The average Bonchev–Trinajstić information content (AvgIpc) is 3.17. The van der Waals surface area contributed by atoms with Crippen molar-refractivity contribution in [2.75, 3.05) is 18.4 Å². The van der Waals surface area contributed by atoms with Crippen molar-refractivity contribution in [3.05, 3.63) is 47.3 Å². The van der Waals surface area contributed by atoms with Crippen LogP contribution in [0.3, 0.4) is 0 Å². The summed E-state index contributed by atoms with van der Waals surface area (Å²) in [6.45, 7) is 0.604. The van der Waals surface area contributed by atoms with Crippen LogP contribution in [0.25, 0.3) is 0 Å². The van der Waals surface area contributed by atoms with Crippen molar-refractivity contribution in [1.82, 2.24) is 4.31 Å². The molecule has 2 heterocycles. The van der Waals surface area contributed by atoms with Crippen molar-refractivity contribution in [2.45, 2.75) is 23.7 Å². The molecule has 0 bridgehead atoms. The highest BCUT2D eigenvalue weighted by molar-refractivity contribution is 7.91. The molecule has 0 saturated carbocycles. The van der Waals surface area contributed by atoms with Gasteiger partial charge in [-0.2, -0.15) is 4.31 Å². The molecule has 3 rings (SSSR count). The van der Waals surface area contributed by atoms with E-state index in [1.807, 2.05) is 0 Å². The molecule has 0 spiro atoms. The van der Waals surface area contributed by atoms with Gasteiger partial charge in [0, 0.05) is 24.7 Å². The van der Waals surface area contributed by atoms with E-state index in [9.17, 15) is 13.2 Å². The number of piperidine rings is 1. The molecule has 0 radical (unpaired) electrons. The van der Waals surface area contributed by atoms with Crippen molar-refractivity contribution in [1.29, 1.82) is 0 Å². The van der Waals surface area contributed by atoms with Crippen LogP contribution < -0.4 is 5.32 Å². The molecule has 8 heteroatoms. The van der Waals surface area contributed by atoms with Gasteiger partial charge in [0.15, 0.2) is 0 Å². The molecule has 0 aliphatic carbocycles. The molecule has 25 heavy (non-hydrogen) atoms. The second kappa shape index (κ2) is 7.65. The second-order valence-electron chi connectivity index (χ2n) is 5.96. The first kappa shape index (κ1) is 18.1. The summed E-state index contributed by atoms with van der Waals surface area (Å²) in [7, 11) is -3.44. The van der Waals surface area contributed by atoms with Gasteiger partial charge in [-0.1, -0.05) is 18.2 Å². The number of benzene rings is 1. The molecule has 134 valence electrons. The van der Waals surface area contributed by atoms with Crippen molar-refractivity contribution in [3.63, 3.8) is 0 Å². The van der Waals surface area contributed by atoms with Crippen molar-refractivity contribution in [2.24, 2.45) is 5.92 Å². The maximum Gasteiger partial charge on any atom is 0.252 e. The first-order valence-electron chi connectivity index (χ1n) is 8.05. The third kappa shape index (κ3) is 4.09. The van der Waals surface area contributed by atoms with Crippen LogP contribution in [0.15, 0.2) is 46.0 Å². The highest BCUT2D eigenvalue weighted by Gasteiger charge is 2.32. The van der Waals surface area contributed by atoms with E-state index >= 15 is 0 Å². The molecule has 1 fully saturated rings. The smallest absolute Gasteiger partial charge is 0.252 e. The Balaban J connectivity index is 1.59. The third-order valence-corrected chi connectivity index (χ3v) is 7.56. The van der Waals surface area contributed by atoms with Gasteiger partial charge in [-0.15, -0.1) is 11.3 Å². The standard InChI is InChI=1S/C17H20N2O4S2/c20-12-13-3-1-4-15(11-13)18-17(21)14-6-8-19(9-7-14)25(22,23)16-5-2-10-24-16/h1-5,10-11,14,20H,6-9,12H2,(H,18,21). The summed E-state index contributed by atoms with van der Waals surface area (Å²) in [5, 5.41) is 13.7. The summed E-state index contributed by atoms with van der Waals surface area (Å²) >= 11 is 1.21. The molecule has 6 nitrogen and oxygen atoms in total. The van der Waals surface area contributed by atoms with E-state index in [0.717, 1.165) is 5.56 Å². The number of aliphatic hydroxyl groups excluding tert-OH is 1. The lowest BCUT2D eigenvalue weighted by molar-refractivity contribution is -0.120. The highest BCUT2D eigenvalue weighted by atomic mass is 32.2. The summed E-state index contributed by atoms with van der Waals surface area (Å²) < 4.78 is 26.8. The number of thiophene rings is 1. The predicted molar refractivity (Wildman–Crippen MR) is 96.8 cm³/mol. The molecule has 1 saturated heterocycles. The Kier molecular flexibility index (Phi) is 5.53. The maximum absolute atomic E-state index is 12.5. The number of aliphatic hydroxyl groups is 1. The fraction of sp³-hybridized carbons (Fsp3) is 0.353. The lowest BCUT2D eigenvalue weighted by atomic mass is 9.97. The van der Waals surface area contributed by atoms with Crippen molar-refractivity contribution in [3.8, 4) is 0 Å². The van der Waals surface area contributed by atoms with E-state index in [2.05, 4.69) is 5.32 Å². The topological polar surface area (TPSA) is 86.7 Å². The largest absolute Gasteiger partial charge is 0.392 e. The SMILES string of the molecule is O=C(Nc1cccc(CO)c1)C1CCN(S(=O)(=O)c2cccs2)CC1. The van der Waals surface area contributed by atoms with Gasteiger partial charge < -0.3 is 10.4 Å². The van der Waals surface area contributed by atoms with E-state index in [4.69, 9.17) is 5.11 Å². The van der Waals surface area contributed by atoms with Gasteiger partial charge in [-0.3, -0.25) is 4.79 Å². The van der Waals surface area contributed by atoms with Crippen LogP contribution in [-0.4, -0.2) is 36.8 Å². The second-order valence-corrected chi connectivity index (χ2v) is 9.07. The number of hydrogen-bond donors (Lipinski definition) is 2. The molecule has 1 aliphatic rings. The van der Waals surface area contributed by atoms with E-state index in [1.54, 1.807) is 41.8 Å². The normalized spacial score (nSPS) is 16.7. The molecule has 1 aromatic carbocycles. The van der Waals surface area contributed by atoms with E-state index in [-0.39, 0.29) is 18.4 Å². The van der Waals surface area contributed by atoms with E-state index in [0.29, 0.717) is 35.8 Å². The number of sulfonamides is 1. The van der Waals surface area contributed by atoms with Gasteiger partial charge >= 0.3 is 0 Å². The Hall–Kier alpha value is -1.74. The van der Waals surface area contributed by atoms with Crippen LogP contribution >= 0.6 is 11.3 Å². The number of carbonyl (C=O) groups is 1. The predicted octanol–water partition coefficient (Wildman–Crippen LogP) is 2.28. The zero-order valence-corrected chi connectivity index (χ0v) is 15.2. The Morgan fingerprint density at radius 2 is 2.00 bits per heavy atom. The third-order valence-electron chi connectivity index (χ3n) is 4.29. The van der Waals surface area contributed by atoms with Gasteiger partial charge in [-0.05, 0) is 42.0 Å². The summed E-state index contributed by atoms with van der Waals surface area (Å²) in [6, 6.07) is 10.4. The lowest BCUT2D eigenvalue weighted by Crippen LogP contribution is -2.41. The Morgan fingerprint density at radius 3 is 2.64 bits per heavy atom. The molecule has 0 atom stereocenters. The van der Waals surface area contributed by atoms with Gasteiger partial charge in [0.05, 0.1) is 6.61 Å². The first-order valence-corrected chi connectivity index (χ1v) is 10.4. The number of nitrogens with one attached hydrogen (secondary N) is 1. The van der Waals surface area contributed by atoms with Crippen molar-refractivity contribution >= 4 is 33.0 Å². The molecule has 1 aromatic heterocycles. The zero-order chi connectivity index (χ0) is 17.9. The van der Waals surface area contributed by atoms with Gasteiger partial charge in [0.25, 0.3) is 10.0 Å². The molecule has 1 aliphatic heterocycles. The van der Waals surface area contributed by atoms with Crippen LogP contribution in [0.2, 0.25) is 0 Å². The summed E-state index contributed by atoms with van der Waals surface area (Å²) in [5.41, 5.74) is 1.37. The number of hydrogen-bond acceptors (Lipinski definition) is 5. The van der Waals surface area contributed by atoms with Gasteiger partial charge in [-0.25, -0.2) is 8.42 Å². The highest BCUT2D eigenvalue weighted by Crippen LogP contribution is 2.27. The number of rotatable bonds is 5. The minimum Gasteiger partial charge on any atom is -0.392 e. The monoisotopic (exact) mass is 380 g/mol. The Labute approximate surface area is 151 Å². The summed E-state index contributed by atoms with van der Waals surface area (Å²) in [5.74, 6) is -0.323. The van der Waals surface area contributed by atoms with Crippen LogP contribution in [0, 0.1) is 5.92 Å². The van der Waals surface area contributed by atoms with Crippen molar-refractivity contribution < 1.29 is 18.3 Å². The Bertz CT molecular complexity index is 826. The number of amides is 1. The number of anilines is 1. The minimum atomic E-state index is -3.44. The van der Waals surface area contributed by atoms with E-state index in [1.165, 1.54) is 15.6 Å². The fourth-order valence-corrected chi connectivity index (χ4v) is 5.50. The van der Waals surface area contributed by atoms with Crippen LogP contribution in [0.1, 0.15) is 18.4 Å². The summed E-state index contributed by atoms with van der Waals surface area (Å²) in [6.07, 6.45) is 0.992. The average molecular weight is 380 g/mol. The lowest BCUT2D eigenvalue weighted by Gasteiger charge is -2.30. The molecule has 2 aromatic rings. The van der Waals surface area contributed by atoms with Crippen LogP contribution in [-0.2, 0) is 21.4 Å². The molecule has 2 N–H and O–H groups in total. The van der Waals surface area contributed by atoms with Crippen LogP contribution in [0.4, 0.5) is 5.69 Å². The molecule has 0 unspecified atom stereocenters. The summed E-state index contributed by atoms with van der Waals surface area (Å²) in [4.78, 5) is 12.4. The first-order chi connectivity index (χ1) is 12.0. The fourth-order valence-electron chi connectivity index (χ4n) is 2.89. The van der Waals surface area contributed by atoms with Gasteiger partial charge in [0.1, 0.15) is 4.21 Å². The van der Waals surface area contributed by atoms with Crippen LogP contribution in [0.5, 0.6) is 0 Å². The number of carbonyl (C=O) groups excluding carboxylic acids is 1. The number of nitrogens with zero attached hydrogens (tertiary/aromatic N) is 1. The molecule has 1 amide bonds. The Morgan fingerprint density at radius 1 is 1.24 bits per heavy atom. The molecular formula is C17H20N2O4S2. The maximum atomic E-state index is 12.5. The van der Waals surface area contributed by atoms with E-state index < -0.39 is 10.0 Å².